The third-order valence-corrected chi connectivity index (χ3v) is 4.33. The van der Waals surface area contributed by atoms with Gasteiger partial charge in [0.1, 0.15) is 0 Å². The van der Waals surface area contributed by atoms with Gasteiger partial charge in [-0.15, -0.1) is 0 Å². The summed E-state index contributed by atoms with van der Waals surface area (Å²) in [5.41, 5.74) is 4.89. The molecular formula is C10H15N3O4S. The van der Waals surface area contributed by atoms with Gasteiger partial charge in [0, 0.05) is 19.7 Å². The van der Waals surface area contributed by atoms with Gasteiger partial charge in [0.05, 0.1) is 4.92 Å². The van der Waals surface area contributed by atoms with E-state index in [2.05, 4.69) is 0 Å². The predicted octanol–water partition coefficient (Wildman–Crippen LogP) is 0.564. The van der Waals surface area contributed by atoms with Crippen molar-refractivity contribution in [2.75, 3.05) is 20.1 Å². The molecule has 8 heteroatoms. The molecule has 0 aromatic heterocycles. The van der Waals surface area contributed by atoms with E-state index in [1.165, 1.54) is 31.3 Å². The van der Waals surface area contributed by atoms with Crippen LogP contribution in [0.2, 0.25) is 0 Å². The Bertz CT molecular complexity index is 530. The molecular weight excluding hydrogens is 258 g/mol. The van der Waals surface area contributed by atoms with Crippen molar-refractivity contribution in [3.63, 3.8) is 0 Å². The lowest BCUT2D eigenvalue weighted by Gasteiger charge is -2.16. The van der Waals surface area contributed by atoms with Gasteiger partial charge >= 0.3 is 0 Å². The summed E-state index contributed by atoms with van der Waals surface area (Å²) in [6.07, 6.45) is 0.496. The highest BCUT2D eigenvalue weighted by atomic mass is 32.2. The fourth-order valence-corrected chi connectivity index (χ4v) is 2.79. The Hall–Kier alpha value is -1.51. The molecule has 18 heavy (non-hydrogen) atoms. The molecule has 0 heterocycles. The maximum absolute atomic E-state index is 12.1. The Labute approximate surface area is 105 Å². The molecule has 0 aliphatic carbocycles. The van der Waals surface area contributed by atoms with Crippen molar-refractivity contribution < 1.29 is 13.3 Å². The minimum atomic E-state index is -3.85. The number of nitrogens with zero attached hydrogens (tertiary/aromatic N) is 2. The summed E-state index contributed by atoms with van der Waals surface area (Å²) >= 11 is 0. The van der Waals surface area contributed by atoms with Crippen molar-refractivity contribution >= 4 is 15.7 Å². The minimum absolute atomic E-state index is 0.227. The number of rotatable bonds is 6. The van der Waals surface area contributed by atoms with Crippen LogP contribution in [0, 0.1) is 10.1 Å². The molecule has 1 aromatic rings. The monoisotopic (exact) mass is 273 g/mol. The number of nitrogens with two attached hydrogens (primary N) is 1. The molecule has 2 N–H and O–H groups in total. The molecule has 0 unspecified atom stereocenters. The Balaban J connectivity index is 3.16. The second kappa shape index (κ2) is 5.89. The molecule has 0 spiro atoms. The first-order valence-electron chi connectivity index (χ1n) is 5.31. The summed E-state index contributed by atoms with van der Waals surface area (Å²) in [7, 11) is -2.47. The van der Waals surface area contributed by atoms with Gasteiger partial charge in [-0.25, -0.2) is 12.7 Å². The zero-order valence-corrected chi connectivity index (χ0v) is 10.8. The number of benzene rings is 1. The highest BCUT2D eigenvalue weighted by Gasteiger charge is 2.28. The molecule has 0 aliphatic rings. The SMILES string of the molecule is CN(CCCN)S(=O)(=O)c1ccccc1[N+](=O)[O-]. The maximum Gasteiger partial charge on any atom is 0.289 e. The van der Waals surface area contributed by atoms with E-state index in [1.54, 1.807) is 0 Å². The lowest BCUT2D eigenvalue weighted by Crippen LogP contribution is -2.29. The highest BCUT2D eigenvalue weighted by molar-refractivity contribution is 7.89. The molecule has 0 saturated carbocycles. The average molecular weight is 273 g/mol. The Morgan fingerprint density at radius 2 is 2.00 bits per heavy atom. The number of sulfonamides is 1. The van der Waals surface area contributed by atoms with Crippen molar-refractivity contribution in [1.82, 2.24) is 4.31 Å². The molecule has 1 aromatic carbocycles. The normalized spacial score (nSPS) is 11.7. The van der Waals surface area contributed by atoms with Gasteiger partial charge in [-0.05, 0) is 19.0 Å². The Kier molecular flexibility index (Phi) is 4.76. The fraction of sp³-hybridized carbons (Fsp3) is 0.400. The van der Waals surface area contributed by atoms with Gasteiger partial charge in [-0.2, -0.15) is 0 Å². The van der Waals surface area contributed by atoms with Gasteiger partial charge in [-0.3, -0.25) is 10.1 Å². The largest absolute Gasteiger partial charge is 0.330 e. The Morgan fingerprint density at radius 3 is 2.56 bits per heavy atom. The molecule has 0 atom stereocenters. The zero-order valence-electron chi connectivity index (χ0n) is 9.94. The van der Waals surface area contributed by atoms with E-state index in [9.17, 15) is 18.5 Å². The molecule has 0 saturated heterocycles. The summed E-state index contributed by atoms with van der Waals surface area (Å²) in [6, 6.07) is 5.28. The second-order valence-electron chi connectivity index (χ2n) is 3.69. The first-order valence-corrected chi connectivity index (χ1v) is 6.75. The molecule has 0 fully saturated rings. The number of nitro benzene ring substituents is 1. The third kappa shape index (κ3) is 3.03. The zero-order chi connectivity index (χ0) is 13.8. The van der Waals surface area contributed by atoms with E-state index >= 15 is 0 Å². The van der Waals surface area contributed by atoms with Crippen LogP contribution in [0.25, 0.3) is 0 Å². The lowest BCUT2D eigenvalue weighted by atomic mass is 10.3. The molecule has 0 amide bonds. The minimum Gasteiger partial charge on any atom is -0.330 e. The van der Waals surface area contributed by atoms with Crippen molar-refractivity contribution in [3.8, 4) is 0 Å². The summed E-state index contributed by atoms with van der Waals surface area (Å²) in [6.45, 7) is 0.585. The van der Waals surface area contributed by atoms with E-state index in [1.807, 2.05) is 0 Å². The quantitative estimate of drug-likeness (QED) is 0.602. The van der Waals surface area contributed by atoms with Gasteiger partial charge < -0.3 is 5.73 Å². The van der Waals surface area contributed by atoms with Crippen molar-refractivity contribution in [1.29, 1.82) is 0 Å². The lowest BCUT2D eigenvalue weighted by molar-refractivity contribution is -0.387. The Morgan fingerprint density at radius 1 is 1.39 bits per heavy atom. The van der Waals surface area contributed by atoms with E-state index in [4.69, 9.17) is 5.73 Å². The van der Waals surface area contributed by atoms with Crippen LogP contribution < -0.4 is 5.73 Å². The number of hydrogen-bond donors (Lipinski definition) is 1. The molecule has 7 nitrogen and oxygen atoms in total. The number of hydrogen-bond acceptors (Lipinski definition) is 5. The van der Waals surface area contributed by atoms with Gasteiger partial charge in [-0.1, -0.05) is 12.1 Å². The average Bonchev–Trinajstić information content (AvgIpc) is 2.35. The van der Waals surface area contributed by atoms with Crippen LogP contribution in [0.3, 0.4) is 0 Å². The second-order valence-corrected chi connectivity index (χ2v) is 5.71. The predicted molar refractivity (Wildman–Crippen MR) is 66.6 cm³/mol. The van der Waals surface area contributed by atoms with Crippen LogP contribution in [0.1, 0.15) is 6.42 Å². The van der Waals surface area contributed by atoms with Crippen molar-refractivity contribution in [2.24, 2.45) is 5.73 Å². The number of nitro groups is 1. The topological polar surface area (TPSA) is 107 Å². The standard InChI is InChI=1S/C10H15N3O4S/c1-12(8-4-7-11)18(16,17)10-6-3-2-5-9(10)13(14)15/h2-3,5-6H,4,7-8,11H2,1H3. The van der Waals surface area contributed by atoms with Crippen molar-refractivity contribution in [3.05, 3.63) is 34.4 Å². The van der Waals surface area contributed by atoms with Crippen LogP contribution in [-0.4, -0.2) is 37.8 Å². The first kappa shape index (κ1) is 14.6. The van der Waals surface area contributed by atoms with Crippen LogP contribution in [0.4, 0.5) is 5.69 Å². The molecule has 0 radical (unpaired) electrons. The smallest absolute Gasteiger partial charge is 0.289 e. The van der Waals surface area contributed by atoms with Crippen LogP contribution in [0.5, 0.6) is 0 Å². The summed E-state index contributed by atoms with van der Waals surface area (Å²) in [4.78, 5) is 9.81. The van der Waals surface area contributed by atoms with Gasteiger partial charge in [0.25, 0.3) is 5.69 Å². The molecule has 1 rings (SSSR count). The molecule has 0 aliphatic heterocycles. The maximum atomic E-state index is 12.1. The summed E-state index contributed by atoms with van der Waals surface area (Å²) < 4.78 is 25.4. The van der Waals surface area contributed by atoms with E-state index in [0.29, 0.717) is 13.0 Å². The van der Waals surface area contributed by atoms with Crippen LogP contribution >= 0.6 is 0 Å². The third-order valence-electron chi connectivity index (χ3n) is 2.43. The van der Waals surface area contributed by atoms with E-state index < -0.39 is 20.6 Å². The molecule has 0 bridgehead atoms. The first-order chi connectivity index (χ1) is 8.41. The fourth-order valence-electron chi connectivity index (χ4n) is 1.43. The van der Waals surface area contributed by atoms with Gasteiger partial charge in [0.15, 0.2) is 4.90 Å². The number of para-hydroxylation sites is 1. The van der Waals surface area contributed by atoms with E-state index in [0.717, 1.165) is 4.31 Å². The highest BCUT2D eigenvalue weighted by Crippen LogP contribution is 2.25. The summed E-state index contributed by atoms with van der Waals surface area (Å²) in [5.74, 6) is 0. The van der Waals surface area contributed by atoms with Crippen LogP contribution in [-0.2, 0) is 10.0 Å². The van der Waals surface area contributed by atoms with Crippen LogP contribution in [0.15, 0.2) is 29.2 Å². The van der Waals surface area contributed by atoms with Gasteiger partial charge in [0.2, 0.25) is 10.0 Å². The van der Waals surface area contributed by atoms with E-state index in [-0.39, 0.29) is 11.4 Å². The van der Waals surface area contributed by atoms with Crippen molar-refractivity contribution in [2.45, 2.75) is 11.3 Å². The molecule has 100 valence electrons. The summed E-state index contributed by atoms with van der Waals surface area (Å²) in [5, 5.41) is 10.8.